The van der Waals surface area contributed by atoms with Crippen LogP contribution in [-0.2, 0) is 19.2 Å². The zero-order valence-corrected chi connectivity index (χ0v) is 14.4. The number of aliphatic hydroxyl groups excluding tert-OH is 1. The molecule has 2 rings (SSSR count). The van der Waals surface area contributed by atoms with Crippen molar-refractivity contribution in [2.45, 2.75) is 51.2 Å². The number of piperidine rings is 1. The zero-order chi connectivity index (χ0) is 18.8. The van der Waals surface area contributed by atoms with Gasteiger partial charge in [-0.05, 0) is 26.2 Å². The molecule has 0 radical (unpaired) electrons. The second-order valence-corrected chi connectivity index (χ2v) is 7.11. The Morgan fingerprint density at radius 1 is 1.28 bits per heavy atom. The number of carbonyl (C=O) groups is 4. The van der Waals surface area contributed by atoms with Gasteiger partial charge in [0.15, 0.2) is 0 Å². The molecule has 140 valence electrons. The summed E-state index contributed by atoms with van der Waals surface area (Å²) in [7, 11) is 0. The maximum absolute atomic E-state index is 12.7. The molecule has 0 aromatic heterocycles. The van der Waals surface area contributed by atoms with Crippen LogP contribution in [0.2, 0.25) is 0 Å². The van der Waals surface area contributed by atoms with Crippen LogP contribution in [0.1, 0.15) is 39.0 Å². The van der Waals surface area contributed by atoms with Crippen LogP contribution in [0.5, 0.6) is 0 Å². The fourth-order valence-corrected chi connectivity index (χ4v) is 3.69. The minimum atomic E-state index is -0.853. The second-order valence-electron chi connectivity index (χ2n) is 7.11. The molecule has 4 amide bonds. The van der Waals surface area contributed by atoms with Crippen LogP contribution < -0.4 is 11.5 Å². The van der Waals surface area contributed by atoms with Gasteiger partial charge in [-0.25, -0.2) is 0 Å². The number of nitrogens with zero attached hydrogens (tertiary/aromatic N) is 2. The molecule has 2 aliphatic rings. The molecule has 2 heterocycles. The Morgan fingerprint density at radius 3 is 2.48 bits per heavy atom. The zero-order valence-electron chi connectivity index (χ0n) is 14.4. The van der Waals surface area contributed by atoms with Gasteiger partial charge in [-0.1, -0.05) is 0 Å². The first-order valence-electron chi connectivity index (χ1n) is 8.51. The Balaban J connectivity index is 2.02. The highest BCUT2D eigenvalue weighted by Crippen LogP contribution is 2.42. The molecule has 0 saturated carbocycles. The number of rotatable bonds is 7. The molecule has 0 aliphatic carbocycles. The first-order chi connectivity index (χ1) is 11.7. The SMILES string of the molecule is C[C@@H](O)CC(=O)N1CCCC2(C1)CN([C@@H](CCC(N)=O)C(N)=O)C2=O. The third-order valence-corrected chi connectivity index (χ3v) is 4.96. The first-order valence-corrected chi connectivity index (χ1v) is 8.51. The monoisotopic (exact) mass is 354 g/mol. The number of primary amides is 2. The number of hydrogen-bond donors (Lipinski definition) is 3. The number of aliphatic hydroxyl groups is 1. The van der Waals surface area contributed by atoms with E-state index in [4.69, 9.17) is 11.5 Å². The molecule has 2 saturated heterocycles. The topological polar surface area (TPSA) is 147 Å². The standard InChI is InChI=1S/C16H26N4O5/c1-10(21)7-13(23)19-6-2-5-16(8-19)9-20(15(16)25)11(14(18)24)3-4-12(17)22/h10-11,21H,2-9H2,1H3,(H2,17,22)(H2,18,24)/t10-,11+,16?/m1/s1. The van der Waals surface area contributed by atoms with Crippen molar-refractivity contribution in [1.29, 1.82) is 0 Å². The van der Waals surface area contributed by atoms with Crippen LogP contribution in [-0.4, -0.2) is 70.3 Å². The summed E-state index contributed by atoms with van der Waals surface area (Å²) in [6.07, 6.45) is 0.708. The summed E-state index contributed by atoms with van der Waals surface area (Å²) in [6.45, 7) is 2.72. The fourth-order valence-electron chi connectivity index (χ4n) is 3.69. The van der Waals surface area contributed by atoms with Crippen molar-refractivity contribution < 1.29 is 24.3 Å². The minimum Gasteiger partial charge on any atom is -0.393 e. The average molecular weight is 354 g/mol. The molecule has 0 aromatic rings. The summed E-state index contributed by atoms with van der Waals surface area (Å²) in [5.41, 5.74) is 9.78. The lowest BCUT2D eigenvalue weighted by molar-refractivity contribution is -0.175. The highest BCUT2D eigenvalue weighted by Gasteiger charge is 2.56. The van der Waals surface area contributed by atoms with Crippen LogP contribution >= 0.6 is 0 Å². The Labute approximate surface area is 146 Å². The van der Waals surface area contributed by atoms with Crippen LogP contribution in [0, 0.1) is 5.41 Å². The summed E-state index contributed by atoms with van der Waals surface area (Å²) < 4.78 is 0. The molecule has 9 nitrogen and oxygen atoms in total. The number of amides is 4. The van der Waals surface area contributed by atoms with Gasteiger partial charge < -0.3 is 26.4 Å². The van der Waals surface area contributed by atoms with E-state index in [9.17, 15) is 24.3 Å². The van der Waals surface area contributed by atoms with Gasteiger partial charge in [0.2, 0.25) is 23.6 Å². The van der Waals surface area contributed by atoms with Crippen molar-refractivity contribution in [1.82, 2.24) is 9.80 Å². The number of likely N-dealkylation sites (tertiary alicyclic amines) is 2. The predicted molar refractivity (Wildman–Crippen MR) is 87.7 cm³/mol. The second kappa shape index (κ2) is 7.38. The van der Waals surface area contributed by atoms with Gasteiger partial charge in [0.05, 0.1) is 17.9 Å². The third-order valence-electron chi connectivity index (χ3n) is 4.96. The summed E-state index contributed by atoms with van der Waals surface area (Å²) in [6, 6.07) is -0.853. The van der Waals surface area contributed by atoms with Gasteiger partial charge in [-0.3, -0.25) is 19.2 Å². The highest BCUT2D eigenvalue weighted by molar-refractivity contribution is 5.95. The molecule has 2 aliphatic heterocycles. The van der Waals surface area contributed by atoms with E-state index in [2.05, 4.69) is 0 Å². The van der Waals surface area contributed by atoms with Crippen LogP contribution in [0.15, 0.2) is 0 Å². The van der Waals surface area contributed by atoms with Crippen LogP contribution in [0.25, 0.3) is 0 Å². The smallest absolute Gasteiger partial charge is 0.240 e. The van der Waals surface area contributed by atoms with Crippen molar-refractivity contribution >= 4 is 23.6 Å². The Hall–Kier alpha value is -2.16. The molecule has 25 heavy (non-hydrogen) atoms. The summed E-state index contributed by atoms with van der Waals surface area (Å²) in [4.78, 5) is 50.5. The summed E-state index contributed by atoms with van der Waals surface area (Å²) >= 11 is 0. The van der Waals surface area contributed by atoms with Crippen molar-refractivity contribution in [2.75, 3.05) is 19.6 Å². The predicted octanol–water partition coefficient (Wildman–Crippen LogP) is -1.67. The maximum Gasteiger partial charge on any atom is 0.240 e. The molecule has 1 unspecified atom stereocenters. The largest absolute Gasteiger partial charge is 0.393 e. The molecule has 2 fully saturated rings. The molecule has 0 bridgehead atoms. The Kier molecular flexibility index (Phi) is 5.66. The number of hydrogen-bond acceptors (Lipinski definition) is 5. The van der Waals surface area contributed by atoms with E-state index in [1.807, 2.05) is 0 Å². The van der Waals surface area contributed by atoms with E-state index in [1.54, 1.807) is 11.8 Å². The number of carbonyl (C=O) groups excluding carboxylic acids is 4. The number of nitrogens with two attached hydrogens (primary N) is 2. The van der Waals surface area contributed by atoms with Crippen molar-refractivity contribution in [2.24, 2.45) is 16.9 Å². The van der Waals surface area contributed by atoms with Gasteiger partial charge >= 0.3 is 0 Å². The summed E-state index contributed by atoms with van der Waals surface area (Å²) in [5, 5.41) is 9.37. The molecule has 0 aromatic carbocycles. The van der Waals surface area contributed by atoms with Crippen molar-refractivity contribution in [3.8, 4) is 0 Å². The lowest BCUT2D eigenvalue weighted by Gasteiger charge is -2.55. The van der Waals surface area contributed by atoms with E-state index in [1.165, 1.54) is 4.90 Å². The lowest BCUT2D eigenvalue weighted by Crippen LogP contribution is -2.71. The molecular weight excluding hydrogens is 328 g/mol. The number of β-lactam (4-membered cyclic amide) rings is 1. The van der Waals surface area contributed by atoms with Gasteiger partial charge in [-0.2, -0.15) is 0 Å². The van der Waals surface area contributed by atoms with Crippen molar-refractivity contribution in [3.63, 3.8) is 0 Å². The Morgan fingerprint density at radius 2 is 1.96 bits per heavy atom. The molecular formula is C16H26N4O5. The van der Waals surface area contributed by atoms with Gasteiger partial charge in [0.1, 0.15) is 6.04 Å². The quantitative estimate of drug-likeness (QED) is 0.468. The summed E-state index contributed by atoms with van der Waals surface area (Å²) in [5.74, 6) is -1.61. The van der Waals surface area contributed by atoms with Gasteiger partial charge in [0.25, 0.3) is 0 Å². The Bertz CT molecular complexity index is 579. The minimum absolute atomic E-state index is 0.0243. The van der Waals surface area contributed by atoms with Crippen LogP contribution in [0.3, 0.4) is 0 Å². The molecule has 3 atom stereocenters. The van der Waals surface area contributed by atoms with E-state index >= 15 is 0 Å². The van der Waals surface area contributed by atoms with Crippen LogP contribution in [0.4, 0.5) is 0 Å². The third kappa shape index (κ3) is 4.09. The van der Waals surface area contributed by atoms with E-state index in [-0.39, 0.29) is 37.6 Å². The average Bonchev–Trinajstić information content (AvgIpc) is 2.53. The van der Waals surface area contributed by atoms with E-state index in [0.717, 1.165) is 0 Å². The van der Waals surface area contributed by atoms with Gasteiger partial charge in [0, 0.05) is 26.1 Å². The first kappa shape index (κ1) is 19.2. The van der Waals surface area contributed by atoms with E-state index < -0.39 is 29.4 Å². The molecule has 5 N–H and O–H groups in total. The normalized spacial score (nSPS) is 25.4. The van der Waals surface area contributed by atoms with Crippen molar-refractivity contribution in [3.05, 3.63) is 0 Å². The fraction of sp³-hybridized carbons (Fsp3) is 0.750. The maximum atomic E-state index is 12.7. The highest BCUT2D eigenvalue weighted by atomic mass is 16.3. The van der Waals surface area contributed by atoms with E-state index in [0.29, 0.717) is 25.9 Å². The molecule has 1 spiro atoms. The van der Waals surface area contributed by atoms with Gasteiger partial charge in [-0.15, -0.1) is 0 Å². The molecule has 9 heteroatoms. The lowest BCUT2D eigenvalue weighted by atomic mass is 9.71.